The molecule has 11 nitrogen and oxygen atoms in total. The van der Waals surface area contributed by atoms with E-state index in [1.54, 1.807) is 0 Å². The molecule has 1 fully saturated rings. The molecule has 12 heteroatoms. The van der Waals surface area contributed by atoms with E-state index in [-0.39, 0.29) is 17.0 Å². The van der Waals surface area contributed by atoms with Gasteiger partial charge in [-0.3, -0.25) is 14.4 Å². The van der Waals surface area contributed by atoms with Gasteiger partial charge in [-0.05, 0) is 0 Å². The van der Waals surface area contributed by atoms with Crippen molar-refractivity contribution in [3.63, 3.8) is 0 Å². The maximum absolute atomic E-state index is 11.2. The van der Waals surface area contributed by atoms with E-state index in [1.807, 2.05) is 0 Å². The number of ether oxygens (including phenoxy) is 4. The van der Waals surface area contributed by atoms with Gasteiger partial charge in [0.2, 0.25) is 6.29 Å². The molecule has 0 amide bonds. The van der Waals surface area contributed by atoms with Crippen molar-refractivity contribution in [1.29, 1.82) is 0 Å². The van der Waals surface area contributed by atoms with Crippen molar-refractivity contribution < 1.29 is 53.8 Å². The van der Waals surface area contributed by atoms with E-state index in [0.717, 1.165) is 20.8 Å². The van der Waals surface area contributed by atoms with Crippen LogP contribution in [0.5, 0.6) is 0 Å². The lowest BCUT2D eigenvalue weighted by atomic mass is 9.92. The number of esters is 3. The van der Waals surface area contributed by atoms with Gasteiger partial charge in [-0.2, -0.15) is 0 Å². The number of halogens is 1. The topological polar surface area (TPSA) is 169 Å². The molecule has 0 spiro atoms. The van der Waals surface area contributed by atoms with Crippen molar-refractivity contribution in [3.8, 4) is 0 Å². The van der Waals surface area contributed by atoms with Gasteiger partial charge in [-0.15, -0.1) is 17.0 Å². The molecule has 1 aliphatic rings. The molecule has 4 atom stereocenters. The van der Waals surface area contributed by atoms with Gasteiger partial charge in [0.15, 0.2) is 0 Å². The molecule has 0 bridgehead atoms. The summed E-state index contributed by atoms with van der Waals surface area (Å²) in [6.07, 6.45) is -2.42. The Bertz CT molecular complexity index is 496. The summed E-state index contributed by atoms with van der Waals surface area (Å²) in [5, 5.41) is 40.5. The molecular weight excluding hydrogens is 388 g/mol. The van der Waals surface area contributed by atoms with Crippen LogP contribution in [-0.4, -0.2) is 68.6 Å². The summed E-state index contributed by atoms with van der Waals surface area (Å²) >= 11 is 0. The maximum atomic E-state index is 11.2. The Morgan fingerprint density at radius 1 is 0.957 bits per heavy atom. The molecule has 23 heavy (non-hydrogen) atoms. The Morgan fingerprint density at radius 2 is 1.39 bits per heavy atom. The smallest absolute Gasteiger partial charge is 0.351 e. The van der Waals surface area contributed by atoms with Crippen molar-refractivity contribution in [3.05, 3.63) is 0 Å². The van der Waals surface area contributed by atoms with Gasteiger partial charge >= 0.3 is 35.3 Å². The number of carbonyl (C=O) groups is 3. The van der Waals surface area contributed by atoms with E-state index in [1.165, 1.54) is 0 Å². The van der Waals surface area contributed by atoms with Gasteiger partial charge in [0.05, 0.1) is 0 Å². The summed E-state index contributed by atoms with van der Waals surface area (Å²) in [4.78, 5) is 33.3. The number of aliphatic hydroxyl groups is 4. The minimum absolute atomic E-state index is 0. The molecule has 1 rings (SSSR count). The quantitative estimate of drug-likeness (QED) is 0.226. The zero-order valence-corrected chi connectivity index (χ0v) is 14.1. The van der Waals surface area contributed by atoms with Crippen molar-refractivity contribution in [2.24, 2.45) is 0 Å². The normalized spacial score (nSPS) is 36.4. The molecule has 0 aliphatic carbocycles. The first kappa shape index (κ1) is 21.7. The van der Waals surface area contributed by atoms with Crippen molar-refractivity contribution in [2.45, 2.75) is 44.4 Å². The number of rotatable bonds is 3. The summed E-state index contributed by atoms with van der Waals surface area (Å²) in [5.41, 5.74) is 0. The van der Waals surface area contributed by atoms with Crippen LogP contribution in [0.4, 0.5) is 0 Å². The number of hydrogen-bond donors (Lipinski definition) is 4. The Morgan fingerprint density at radius 3 is 1.78 bits per heavy atom. The second-order valence-corrected chi connectivity index (χ2v) is 4.57. The SMILES string of the molecule is Br.CC(=O)O[C@]1(O)[C@@](O)(OC(C)=O)COC(O)[C@@]1(O)OC(C)=O. The molecule has 0 saturated carbocycles. The summed E-state index contributed by atoms with van der Waals surface area (Å²) in [7, 11) is 0. The summed E-state index contributed by atoms with van der Waals surface area (Å²) in [6.45, 7) is 1.31. The largest absolute Gasteiger partial charge is 0.423 e. The maximum Gasteiger partial charge on any atom is 0.351 e. The fraction of sp³-hybridized carbons (Fsp3) is 0.727. The second-order valence-electron chi connectivity index (χ2n) is 4.57. The van der Waals surface area contributed by atoms with Crippen LogP contribution in [0.2, 0.25) is 0 Å². The average Bonchev–Trinajstić information content (AvgIpc) is 2.31. The van der Waals surface area contributed by atoms with Crippen LogP contribution < -0.4 is 0 Å². The van der Waals surface area contributed by atoms with E-state index in [0.29, 0.717) is 0 Å². The third-order valence-electron chi connectivity index (χ3n) is 2.69. The predicted octanol–water partition coefficient (Wildman–Crippen LogP) is -2.33. The second kappa shape index (κ2) is 7.07. The van der Waals surface area contributed by atoms with E-state index < -0.39 is 48.2 Å². The Balaban J connectivity index is 0.00000484. The molecule has 1 unspecified atom stereocenters. The van der Waals surface area contributed by atoms with Gasteiger partial charge in [-0.1, -0.05) is 0 Å². The van der Waals surface area contributed by atoms with Crippen LogP contribution in [0.1, 0.15) is 20.8 Å². The predicted molar refractivity (Wildman–Crippen MR) is 72.4 cm³/mol. The lowest BCUT2D eigenvalue weighted by Crippen LogP contribution is -2.80. The first-order valence-corrected chi connectivity index (χ1v) is 5.93. The van der Waals surface area contributed by atoms with Gasteiger partial charge in [0.25, 0.3) is 0 Å². The molecule has 0 aromatic carbocycles. The molecule has 0 radical (unpaired) electrons. The Kier molecular flexibility index (Phi) is 6.66. The highest BCUT2D eigenvalue weighted by molar-refractivity contribution is 8.93. The molecule has 1 heterocycles. The average molecular weight is 405 g/mol. The third-order valence-corrected chi connectivity index (χ3v) is 2.69. The first-order valence-electron chi connectivity index (χ1n) is 5.93. The van der Waals surface area contributed by atoms with Crippen LogP contribution in [-0.2, 0) is 33.3 Å². The molecule has 134 valence electrons. The van der Waals surface area contributed by atoms with E-state index in [4.69, 9.17) is 0 Å². The summed E-state index contributed by atoms with van der Waals surface area (Å²) in [6, 6.07) is 0. The van der Waals surface area contributed by atoms with E-state index in [9.17, 15) is 34.8 Å². The van der Waals surface area contributed by atoms with Crippen LogP contribution >= 0.6 is 17.0 Å². The lowest BCUT2D eigenvalue weighted by Gasteiger charge is -2.51. The Hall–Kier alpha value is -1.31. The highest BCUT2D eigenvalue weighted by Crippen LogP contribution is 2.43. The van der Waals surface area contributed by atoms with Gasteiger partial charge < -0.3 is 39.4 Å². The van der Waals surface area contributed by atoms with Gasteiger partial charge in [0.1, 0.15) is 6.61 Å². The minimum Gasteiger partial charge on any atom is -0.423 e. The minimum atomic E-state index is -3.55. The van der Waals surface area contributed by atoms with Crippen LogP contribution in [0.25, 0.3) is 0 Å². The van der Waals surface area contributed by atoms with Gasteiger partial charge in [0, 0.05) is 20.8 Å². The lowest BCUT2D eigenvalue weighted by molar-refractivity contribution is -0.515. The zero-order chi connectivity index (χ0) is 17.3. The monoisotopic (exact) mass is 404 g/mol. The molecule has 1 saturated heterocycles. The number of carbonyl (C=O) groups excluding carboxylic acids is 3. The molecule has 4 N–H and O–H groups in total. The van der Waals surface area contributed by atoms with Crippen LogP contribution in [0.15, 0.2) is 0 Å². The molecule has 0 aromatic rings. The van der Waals surface area contributed by atoms with E-state index >= 15 is 0 Å². The molecule has 0 aromatic heterocycles. The fourth-order valence-electron chi connectivity index (χ4n) is 1.89. The molecule has 1 aliphatic heterocycles. The van der Waals surface area contributed by atoms with Gasteiger partial charge in [-0.25, -0.2) is 0 Å². The zero-order valence-electron chi connectivity index (χ0n) is 12.3. The standard InChI is InChI=1S/C11H16O11.BrH/c1-5(12)20-9(16)4-19-8(15)10(17,21-6(2)13)11(9,18)22-7(3)14;/h8,15-18H,4H2,1-3H3;1H/t8?,9-,10+,11+;/m0./s1. The number of hydrogen-bond acceptors (Lipinski definition) is 11. The third kappa shape index (κ3) is 3.79. The highest BCUT2D eigenvalue weighted by Gasteiger charge is 2.77. The summed E-state index contributed by atoms with van der Waals surface area (Å²) < 4.78 is 17.7. The Labute approximate surface area is 140 Å². The first-order chi connectivity index (χ1) is 9.88. The van der Waals surface area contributed by atoms with Crippen molar-refractivity contribution >= 4 is 34.9 Å². The van der Waals surface area contributed by atoms with Crippen LogP contribution in [0, 0.1) is 0 Å². The number of aliphatic hydroxyl groups excluding tert-OH is 1. The van der Waals surface area contributed by atoms with Crippen LogP contribution in [0.3, 0.4) is 0 Å². The summed E-state index contributed by atoms with van der Waals surface area (Å²) in [5.74, 6) is -13.8. The van der Waals surface area contributed by atoms with Crippen molar-refractivity contribution in [1.82, 2.24) is 0 Å². The fourth-order valence-corrected chi connectivity index (χ4v) is 1.89. The van der Waals surface area contributed by atoms with E-state index in [2.05, 4.69) is 18.9 Å². The highest BCUT2D eigenvalue weighted by atomic mass is 79.9. The molecular formula is C11H17BrO11. The van der Waals surface area contributed by atoms with Crippen molar-refractivity contribution in [2.75, 3.05) is 6.61 Å².